The van der Waals surface area contributed by atoms with Crippen LogP contribution in [0.4, 0.5) is 4.79 Å². The van der Waals surface area contributed by atoms with Gasteiger partial charge in [-0.3, -0.25) is 4.57 Å². The van der Waals surface area contributed by atoms with Crippen molar-refractivity contribution in [2.75, 3.05) is 14.1 Å². The number of nitrogens with zero attached hydrogens (tertiary/aromatic N) is 2. The molecular weight excluding hydrogens is 308 g/mol. The van der Waals surface area contributed by atoms with Crippen molar-refractivity contribution in [2.24, 2.45) is 5.92 Å². The van der Waals surface area contributed by atoms with Crippen molar-refractivity contribution in [3.05, 3.63) is 35.0 Å². The molecule has 23 heavy (non-hydrogen) atoms. The summed E-state index contributed by atoms with van der Waals surface area (Å²) < 4.78 is 1.74. The van der Waals surface area contributed by atoms with Crippen LogP contribution in [0.3, 0.4) is 0 Å². The minimum absolute atomic E-state index is 0.0237. The summed E-state index contributed by atoms with van der Waals surface area (Å²) in [6.07, 6.45) is 11.0. The summed E-state index contributed by atoms with van der Waals surface area (Å²) >= 11 is 6.47. The summed E-state index contributed by atoms with van der Waals surface area (Å²) in [7, 11) is 3.56. The Morgan fingerprint density at radius 2 is 1.91 bits per heavy atom. The maximum absolute atomic E-state index is 12.5. The van der Waals surface area contributed by atoms with E-state index in [1.165, 1.54) is 44.1 Å². The van der Waals surface area contributed by atoms with Crippen molar-refractivity contribution >= 4 is 28.5 Å². The number of rotatable bonds is 2. The number of amides is 1. The van der Waals surface area contributed by atoms with Crippen molar-refractivity contribution in [1.29, 1.82) is 0 Å². The van der Waals surface area contributed by atoms with E-state index in [1.54, 1.807) is 23.6 Å². The highest BCUT2D eigenvalue weighted by Crippen LogP contribution is 2.33. The van der Waals surface area contributed by atoms with Crippen LogP contribution in [0, 0.1) is 5.92 Å². The van der Waals surface area contributed by atoms with E-state index in [1.807, 2.05) is 24.4 Å². The number of benzene rings is 1. The lowest BCUT2D eigenvalue weighted by atomic mass is 9.92. The lowest BCUT2D eigenvalue weighted by molar-refractivity contribution is 0.220. The standard InChI is InChI=1S/C19H25ClN2O/c1-21(2)19(23)22-13-15(12-14-8-5-3-4-6-9-14)18-16(20)10-7-11-17(18)22/h7,10-11,13-14H,3-6,8-9,12H2,1-2H3. The molecule has 124 valence electrons. The molecule has 1 saturated carbocycles. The summed E-state index contributed by atoms with van der Waals surface area (Å²) in [5, 5.41) is 1.80. The Kier molecular flexibility index (Phi) is 4.96. The molecule has 0 aliphatic heterocycles. The van der Waals surface area contributed by atoms with E-state index < -0.39 is 0 Å². The summed E-state index contributed by atoms with van der Waals surface area (Å²) in [4.78, 5) is 14.1. The van der Waals surface area contributed by atoms with Gasteiger partial charge in [0.2, 0.25) is 0 Å². The largest absolute Gasteiger partial charge is 0.330 e. The van der Waals surface area contributed by atoms with Gasteiger partial charge in [-0.1, -0.05) is 56.2 Å². The molecule has 0 radical (unpaired) electrons. The third-order valence-electron chi connectivity index (χ3n) is 4.93. The van der Waals surface area contributed by atoms with Gasteiger partial charge in [-0.05, 0) is 30.0 Å². The van der Waals surface area contributed by atoms with Crippen molar-refractivity contribution in [1.82, 2.24) is 9.47 Å². The molecule has 1 fully saturated rings. The topological polar surface area (TPSA) is 25.2 Å². The van der Waals surface area contributed by atoms with Crippen LogP contribution in [0.5, 0.6) is 0 Å². The van der Waals surface area contributed by atoms with Crippen molar-refractivity contribution in [3.8, 4) is 0 Å². The number of fused-ring (bicyclic) bond motifs is 1. The van der Waals surface area contributed by atoms with Gasteiger partial charge in [-0.15, -0.1) is 0 Å². The van der Waals surface area contributed by atoms with Crippen LogP contribution in [0.2, 0.25) is 5.02 Å². The molecule has 1 aliphatic carbocycles. The third-order valence-corrected chi connectivity index (χ3v) is 5.24. The second-order valence-corrected chi connectivity index (χ2v) is 7.30. The molecule has 0 unspecified atom stereocenters. The molecule has 1 heterocycles. The Hall–Kier alpha value is -1.48. The monoisotopic (exact) mass is 332 g/mol. The first kappa shape index (κ1) is 16.4. The zero-order valence-corrected chi connectivity index (χ0v) is 14.8. The number of aromatic nitrogens is 1. The van der Waals surface area contributed by atoms with Crippen LogP contribution in [0.25, 0.3) is 10.9 Å². The second-order valence-electron chi connectivity index (χ2n) is 6.90. The minimum atomic E-state index is -0.0237. The smallest absolute Gasteiger partial charge is 0.328 e. The zero-order chi connectivity index (χ0) is 16.4. The first-order valence-electron chi connectivity index (χ1n) is 8.58. The third kappa shape index (κ3) is 3.40. The quantitative estimate of drug-likeness (QED) is 0.682. The molecule has 1 aromatic heterocycles. The number of carbonyl (C=O) groups excluding carboxylic acids is 1. The molecule has 3 nitrogen and oxygen atoms in total. The molecular formula is C19H25ClN2O. The number of hydrogen-bond acceptors (Lipinski definition) is 1. The molecule has 3 rings (SSSR count). The van der Waals surface area contributed by atoms with Gasteiger partial charge < -0.3 is 4.90 Å². The summed E-state index contributed by atoms with van der Waals surface area (Å²) in [5.41, 5.74) is 2.13. The Morgan fingerprint density at radius 3 is 2.57 bits per heavy atom. The van der Waals surface area contributed by atoms with Gasteiger partial charge in [0, 0.05) is 25.7 Å². The van der Waals surface area contributed by atoms with Crippen LogP contribution in [0.1, 0.15) is 44.1 Å². The minimum Gasteiger partial charge on any atom is -0.330 e. The lowest BCUT2D eigenvalue weighted by Gasteiger charge is -2.13. The molecule has 0 bridgehead atoms. The summed E-state index contributed by atoms with van der Waals surface area (Å²) in [6, 6.07) is 5.80. The van der Waals surface area contributed by atoms with Gasteiger partial charge in [-0.25, -0.2) is 4.79 Å². The zero-order valence-electron chi connectivity index (χ0n) is 14.0. The van der Waals surface area contributed by atoms with E-state index >= 15 is 0 Å². The molecule has 0 saturated heterocycles. The van der Waals surface area contributed by atoms with Gasteiger partial charge in [0.05, 0.1) is 10.5 Å². The van der Waals surface area contributed by atoms with Crippen molar-refractivity contribution in [2.45, 2.75) is 44.9 Å². The van der Waals surface area contributed by atoms with Crippen molar-refractivity contribution < 1.29 is 4.79 Å². The van der Waals surface area contributed by atoms with Gasteiger partial charge in [0.15, 0.2) is 0 Å². The Balaban J connectivity index is 2.00. The first-order valence-corrected chi connectivity index (χ1v) is 8.96. The SMILES string of the molecule is CN(C)C(=O)n1cc(CC2CCCCCC2)c2c(Cl)cccc21. The fourth-order valence-electron chi connectivity index (χ4n) is 3.73. The Labute approximate surface area is 143 Å². The van der Waals surface area contributed by atoms with Gasteiger partial charge >= 0.3 is 6.03 Å². The van der Waals surface area contributed by atoms with Crippen LogP contribution >= 0.6 is 11.6 Å². The predicted molar refractivity (Wildman–Crippen MR) is 96.3 cm³/mol. The van der Waals surface area contributed by atoms with Gasteiger partial charge in [-0.2, -0.15) is 0 Å². The van der Waals surface area contributed by atoms with Crippen LogP contribution in [0.15, 0.2) is 24.4 Å². The van der Waals surface area contributed by atoms with E-state index in [4.69, 9.17) is 11.6 Å². The maximum Gasteiger partial charge on any atom is 0.328 e. The van der Waals surface area contributed by atoms with Crippen LogP contribution in [-0.2, 0) is 6.42 Å². The summed E-state index contributed by atoms with van der Waals surface area (Å²) in [5.74, 6) is 0.710. The van der Waals surface area contributed by atoms with E-state index in [-0.39, 0.29) is 6.03 Å². The van der Waals surface area contributed by atoms with E-state index in [0.29, 0.717) is 5.92 Å². The maximum atomic E-state index is 12.5. The predicted octanol–water partition coefficient (Wildman–Crippen LogP) is 5.34. The van der Waals surface area contributed by atoms with E-state index in [9.17, 15) is 4.79 Å². The molecule has 4 heteroatoms. The highest BCUT2D eigenvalue weighted by atomic mass is 35.5. The van der Waals surface area contributed by atoms with Crippen LogP contribution in [-0.4, -0.2) is 29.6 Å². The molecule has 1 amide bonds. The molecule has 0 N–H and O–H groups in total. The highest BCUT2D eigenvalue weighted by Gasteiger charge is 2.20. The number of carbonyl (C=O) groups is 1. The van der Waals surface area contributed by atoms with Gasteiger partial charge in [0.1, 0.15) is 0 Å². The highest BCUT2D eigenvalue weighted by molar-refractivity contribution is 6.35. The average molecular weight is 333 g/mol. The fourth-order valence-corrected chi connectivity index (χ4v) is 4.02. The van der Waals surface area contributed by atoms with Crippen LogP contribution < -0.4 is 0 Å². The van der Waals surface area contributed by atoms with E-state index in [2.05, 4.69) is 0 Å². The number of hydrogen-bond donors (Lipinski definition) is 0. The molecule has 1 aromatic carbocycles. The average Bonchev–Trinajstić information content (AvgIpc) is 2.70. The van der Waals surface area contributed by atoms with Crippen molar-refractivity contribution in [3.63, 3.8) is 0 Å². The summed E-state index contributed by atoms with van der Waals surface area (Å²) in [6.45, 7) is 0. The fraction of sp³-hybridized carbons (Fsp3) is 0.526. The Morgan fingerprint density at radius 1 is 1.22 bits per heavy atom. The molecule has 2 aromatic rings. The molecule has 0 atom stereocenters. The molecule has 0 spiro atoms. The molecule has 1 aliphatic rings. The second kappa shape index (κ2) is 6.96. The first-order chi connectivity index (χ1) is 11.1. The Bertz CT molecular complexity index is 697. The lowest BCUT2D eigenvalue weighted by Crippen LogP contribution is -2.26. The normalized spacial score (nSPS) is 16.5. The number of halogens is 1. The van der Waals surface area contributed by atoms with E-state index in [0.717, 1.165) is 22.3 Å². The van der Waals surface area contributed by atoms with Gasteiger partial charge in [0.25, 0.3) is 0 Å².